The molecule has 44 heavy (non-hydrogen) atoms. The normalized spacial score (nSPS) is 11.2. The fourth-order valence-corrected chi connectivity index (χ4v) is 5.97. The molecule has 0 aliphatic carbocycles. The molecule has 5 N–H and O–H groups in total. The third-order valence-corrected chi connectivity index (χ3v) is 8.12. The van der Waals surface area contributed by atoms with Crippen LogP contribution in [-0.4, -0.2) is 37.1 Å². The summed E-state index contributed by atoms with van der Waals surface area (Å²) in [6, 6.07) is 22.9. The van der Waals surface area contributed by atoms with Crippen molar-refractivity contribution in [3.8, 4) is 39.9 Å². The molecule has 6 aromatic carbocycles. The number of ketones is 2. The summed E-state index contributed by atoms with van der Waals surface area (Å²) in [5.74, 6) is -2.85. The van der Waals surface area contributed by atoms with Crippen LogP contribution >= 0.6 is 0 Å². The highest BCUT2D eigenvalue weighted by Crippen LogP contribution is 2.50. The highest BCUT2D eigenvalue weighted by Gasteiger charge is 2.28. The molecule has 0 radical (unpaired) electrons. The van der Waals surface area contributed by atoms with E-state index in [9.17, 15) is 35.1 Å². The molecule has 0 amide bonds. The van der Waals surface area contributed by atoms with Crippen molar-refractivity contribution in [2.75, 3.05) is 0 Å². The van der Waals surface area contributed by atoms with E-state index in [1.165, 1.54) is 6.07 Å². The Balaban J connectivity index is 1.63. The number of aryl methyl sites for hydroxylation is 3. The molecule has 218 valence electrons. The van der Waals surface area contributed by atoms with E-state index in [0.29, 0.717) is 38.6 Å². The minimum absolute atomic E-state index is 0.0556. The second kappa shape index (κ2) is 10.5. The number of fused-ring (bicyclic) bond motifs is 2. The molecule has 7 heteroatoms. The molecule has 7 nitrogen and oxygen atoms in total. The molecule has 6 aromatic rings. The molecule has 0 aromatic heterocycles. The number of benzene rings is 6. The molecule has 0 saturated carbocycles. The van der Waals surface area contributed by atoms with Gasteiger partial charge in [0.05, 0.1) is 11.1 Å². The lowest BCUT2D eigenvalue weighted by molar-refractivity contribution is 0.102. The van der Waals surface area contributed by atoms with E-state index >= 15 is 0 Å². The third-order valence-electron chi connectivity index (χ3n) is 8.12. The van der Waals surface area contributed by atoms with Crippen LogP contribution in [0, 0.1) is 20.8 Å². The van der Waals surface area contributed by atoms with Crippen molar-refractivity contribution in [1.82, 2.24) is 0 Å². The first-order chi connectivity index (χ1) is 21.0. The quantitative estimate of drug-likeness (QED) is 0.104. The standard InChI is InChI=1S/C37H28O7/c1-18-14-23-25(16-20(3)32(39)30(23)33(40)21-10-6-4-7-11-21)35(42)28(18)29-19(2)15-24-26(36(29)43)17-27(38)37(44)31(24)34(41)22-12-8-5-9-13-22/h4-17,38-39,42-44H,1-3H3. The lowest BCUT2D eigenvalue weighted by Gasteiger charge is -2.20. The van der Waals surface area contributed by atoms with Gasteiger partial charge >= 0.3 is 0 Å². The molecule has 0 saturated heterocycles. The zero-order chi connectivity index (χ0) is 31.4. The van der Waals surface area contributed by atoms with E-state index < -0.39 is 23.1 Å². The molecule has 6 rings (SSSR count). The van der Waals surface area contributed by atoms with E-state index in [2.05, 4.69) is 0 Å². The van der Waals surface area contributed by atoms with Crippen molar-refractivity contribution in [3.63, 3.8) is 0 Å². The minimum Gasteiger partial charge on any atom is -0.507 e. The smallest absolute Gasteiger partial charge is 0.197 e. The zero-order valence-corrected chi connectivity index (χ0v) is 24.1. The van der Waals surface area contributed by atoms with Gasteiger partial charge in [-0.3, -0.25) is 9.59 Å². The Morgan fingerprint density at radius 2 is 0.841 bits per heavy atom. The van der Waals surface area contributed by atoms with Crippen LogP contribution < -0.4 is 0 Å². The first-order valence-electron chi connectivity index (χ1n) is 13.9. The molecular weight excluding hydrogens is 556 g/mol. The van der Waals surface area contributed by atoms with Crippen molar-refractivity contribution in [3.05, 3.63) is 124 Å². The fourth-order valence-electron chi connectivity index (χ4n) is 5.97. The van der Waals surface area contributed by atoms with Crippen LogP contribution in [0.15, 0.2) is 84.9 Å². The van der Waals surface area contributed by atoms with E-state index in [1.54, 1.807) is 99.6 Å². The van der Waals surface area contributed by atoms with Crippen LogP contribution in [0.4, 0.5) is 0 Å². The summed E-state index contributed by atoms with van der Waals surface area (Å²) < 4.78 is 0. The van der Waals surface area contributed by atoms with Gasteiger partial charge in [-0.1, -0.05) is 60.7 Å². The van der Waals surface area contributed by atoms with Gasteiger partial charge in [0.2, 0.25) is 0 Å². The Kier molecular flexibility index (Phi) is 6.74. The highest BCUT2D eigenvalue weighted by molar-refractivity contribution is 6.22. The monoisotopic (exact) mass is 584 g/mol. The van der Waals surface area contributed by atoms with Gasteiger partial charge in [-0.15, -0.1) is 0 Å². The average molecular weight is 585 g/mol. The Hall–Kier alpha value is -5.82. The lowest BCUT2D eigenvalue weighted by Crippen LogP contribution is -2.05. The molecule has 0 aliphatic rings. The van der Waals surface area contributed by atoms with E-state index in [1.807, 2.05) is 0 Å². The molecular formula is C37H28O7. The predicted molar refractivity (Wildman–Crippen MR) is 169 cm³/mol. The molecule has 0 unspecified atom stereocenters. The summed E-state index contributed by atoms with van der Waals surface area (Å²) in [6.07, 6.45) is 0. The molecule has 0 heterocycles. The van der Waals surface area contributed by atoms with Crippen LogP contribution in [0.25, 0.3) is 32.7 Å². The third kappa shape index (κ3) is 4.29. The summed E-state index contributed by atoms with van der Waals surface area (Å²) >= 11 is 0. The van der Waals surface area contributed by atoms with E-state index in [4.69, 9.17) is 0 Å². The summed E-state index contributed by atoms with van der Waals surface area (Å²) in [6.45, 7) is 5.05. The van der Waals surface area contributed by atoms with Crippen molar-refractivity contribution in [1.29, 1.82) is 0 Å². The maximum atomic E-state index is 13.6. The highest BCUT2D eigenvalue weighted by atomic mass is 16.3. The first kappa shape index (κ1) is 28.3. The number of hydrogen-bond acceptors (Lipinski definition) is 7. The van der Waals surface area contributed by atoms with Gasteiger partial charge in [-0.25, -0.2) is 0 Å². The second-order valence-corrected chi connectivity index (χ2v) is 11.0. The Morgan fingerprint density at radius 1 is 0.455 bits per heavy atom. The molecule has 0 spiro atoms. The zero-order valence-electron chi connectivity index (χ0n) is 24.1. The number of hydrogen-bond donors (Lipinski definition) is 5. The van der Waals surface area contributed by atoms with Crippen LogP contribution in [0.3, 0.4) is 0 Å². The predicted octanol–water partition coefficient (Wildman–Crippen LogP) is 7.58. The average Bonchev–Trinajstić information content (AvgIpc) is 3.01. The summed E-state index contributed by atoms with van der Waals surface area (Å²) in [5.41, 5.74) is 2.45. The molecule has 0 atom stereocenters. The summed E-state index contributed by atoms with van der Waals surface area (Å²) in [4.78, 5) is 27.0. The van der Waals surface area contributed by atoms with Crippen LogP contribution in [-0.2, 0) is 0 Å². The van der Waals surface area contributed by atoms with Gasteiger partial charge in [-0.05, 0) is 61.7 Å². The van der Waals surface area contributed by atoms with Gasteiger partial charge in [0.1, 0.15) is 17.2 Å². The number of phenolic OH excluding ortho intramolecular Hbond substituents is 5. The van der Waals surface area contributed by atoms with E-state index in [-0.39, 0.29) is 50.3 Å². The van der Waals surface area contributed by atoms with Crippen molar-refractivity contribution in [2.24, 2.45) is 0 Å². The Morgan fingerprint density at radius 3 is 1.30 bits per heavy atom. The van der Waals surface area contributed by atoms with E-state index in [0.717, 1.165) is 0 Å². The number of carbonyl (C=O) groups excluding carboxylic acids is 2. The number of rotatable bonds is 5. The Bertz CT molecular complexity index is 2010. The molecule has 0 fully saturated rings. The second-order valence-electron chi connectivity index (χ2n) is 11.0. The van der Waals surface area contributed by atoms with Crippen molar-refractivity contribution >= 4 is 33.1 Å². The van der Waals surface area contributed by atoms with Crippen molar-refractivity contribution < 1.29 is 35.1 Å². The minimum atomic E-state index is -0.603. The summed E-state index contributed by atoms with van der Waals surface area (Å²) in [7, 11) is 0. The van der Waals surface area contributed by atoms with Crippen LogP contribution in [0.1, 0.15) is 48.5 Å². The van der Waals surface area contributed by atoms with Gasteiger partial charge in [-0.2, -0.15) is 0 Å². The maximum Gasteiger partial charge on any atom is 0.197 e. The van der Waals surface area contributed by atoms with Crippen LogP contribution in [0.2, 0.25) is 0 Å². The molecule has 0 aliphatic heterocycles. The maximum absolute atomic E-state index is 13.6. The number of carbonyl (C=O) groups is 2. The summed E-state index contributed by atoms with van der Waals surface area (Å²) in [5, 5.41) is 56.7. The van der Waals surface area contributed by atoms with Gasteiger partial charge in [0.25, 0.3) is 0 Å². The van der Waals surface area contributed by atoms with Gasteiger partial charge < -0.3 is 25.5 Å². The molecule has 0 bridgehead atoms. The first-order valence-corrected chi connectivity index (χ1v) is 13.9. The largest absolute Gasteiger partial charge is 0.507 e. The number of phenols is 5. The lowest BCUT2D eigenvalue weighted by atomic mass is 9.85. The van der Waals surface area contributed by atoms with Crippen LogP contribution in [0.5, 0.6) is 28.7 Å². The van der Waals surface area contributed by atoms with Crippen molar-refractivity contribution in [2.45, 2.75) is 20.8 Å². The Labute approximate surface area is 252 Å². The number of aromatic hydroxyl groups is 5. The topological polar surface area (TPSA) is 135 Å². The SMILES string of the molecule is Cc1cc2c(O)c(-c3c(C)cc4c(C(=O)c5ccccc5)c(O)c(O)cc4c3O)c(C)cc2c(C(=O)c2ccccc2)c1O. The fraction of sp³-hybridized carbons (Fsp3) is 0.0811. The van der Waals surface area contributed by atoms with Gasteiger partial charge in [0.15, 0.2) is 23.1 Å². The van der Waals surface area contributed by atoms with Gasteiger partial charge in [0, 0.05) is 43.8 Å².